The number of nitrogens with zero attached hydrogens (tertiary/aromatic N) is 4. The minimum Gasteiger partial charge on any atom is -0.310 e. The molecule has 2 atom stereocenters. The van der Waals surface area contributed by atoms with Gasteiger partial charge in [-0.25, -0.2) is 8.78 Å². The van der Waals surface area contributed by atoms with Crippen LogP contribution in [0, 0.1) is 11.6 Å². The summed E-state index contributed by atoms with van der Waals surface area (Å²) in [6.45, 7) is 12.4. The molecule has 640 valence electrons. The van der Waals surface area contributed by atoms with Gasteiger partial charge >= 0.3 is 0 Å². The molecule has 6 heteroatoms. The van der Waals surface area contributed by atoms with Crippen LogP contribution in [0.25, 0.3) is 73.9 Å². The molecule has 0 fully saturated rings. The molecular weight excluding hydrogens is 1640 g/mol. The van der Waals surface area contributed by atoms with Crippen LogP contribution in [0.1, 0.15) is 83.5 Å². The van der Waals surface area contributed by atoms with Gasteiger partial charge in [0.15, 0.2) is 0 Å². The molecular formula is C129H90F2N4. The highest BCUT2D eigenvalue weighted by molar-refractivity contribution is 5.96. The van der Waals surface area contributed by atoms with E-state index in [4.69, 9.17) is 0 Å². The standard InChI is InChI=1S/C129H90F2N4/c1-4-88-40-54-98(55-41-88)127(95-26-12-7-13-27-95)121-38-24-22-36-115(121)117-80-76-111(84-123(117)127)132(103-32-18-10-19-33-103)105-64-46-91(47-65-105)93-50-68-107(69-51-93)134(109-72-60-101(130)61-73-109)113-78-82-119-120-83-79-114(87-126(120)129(125(119)86-113,97-30-16-9-17-31-97)100-58-44-90(6-3)45-59-100)135(110-74-62-102(131)63-75-110)108-70-52-94(53-71-108)92-48-66-106(67-49-92)133(104-34-20-11-21-35-104)112-77-81-118-116-37-23-25-39-122(116)128(124(118)85-112,96-28-14-8-15-29-96)99-56-42-89(5-2)43-57-99/h4-87H,1-3H2. The number of halogens is 2. The number of fused-ring (bicyclic) bond motifs is 9. The molecule has 0 aromatic heterocycles. The summed E-state index contributed by atoms with van der Waals surface area (Å²) in [5.74, 6) is -0.654. The van der Waals surface area contributed by atoms with Crippen LogP contribution in [0.15, 0.2) is 511 Å². The van der Waals surface area contributed by atoms with E-state index in [1.165, 1.54) is 91.0 Å². The molecule has 0 amide bonds. The van der Waals surface area contributed by atoms with Gasteiger partial charge in [-0.2, -0.15) is 0 Å². The van der Waals surface area contributed by atoms with Crippen molar-refractivity contribution >= 4 is 86.5 Å². The van der Waals surface area contributed by atoms with Crippen molar-refractivity contribution in [2.75, 3.05) is 19.6 Å². The summed E-state index contributed by atoms with van der Waals surface area (Å²) in [5, 5.41) is 0. The number of hydrogen-bond donors (Lipinski definition) is 0. The Kier molecular flexibility index (Phi) is 20.8. The molecule has 0 radical (unpaired) electrons. The van der Waals surface area contributed by atoms with E-state index in [0.717, 1.165) is 141 Å². The smallest absolute Gasteiger partial charge is 0.123 e. The predicted molar refractivity (Wildman–Crippen MR) is 558 cm³/mol. The highest BCUT2D eigenvalue weighted by Crippen LogP contribution is 2.62. The Labute approximate surface area is 787 Å². The Bertz CT molecular complexity index is 7430. The van der Waals surface area contributed by atoms with Crippen LogP contribution >= 0.6 is 0 Å². The lowest BCUT2D eigenvalue weighted by Crippen LogP contribution is -2.29. The van der Waals surface area contributed by atoms with E-state index in [9.17, 15) is 0 Å². The average Bonchev–Trinajstić information content (AvgIpc) is 1.55. The van der Waals surface area contributed by atoms with Crippen LogP contribution in [0.5, 0.6) is 0 Å². The monoisotopic (exact) mass is 1730 g/mol. The van der Waals surface area contributed by atoms with Crippen LogP contribution in [0.3, 0.4) is 0 Å². The van der Waals surface area contributed by atoms with Crippen molar-refractivity contribution in [3.05, 3.63) is 606 Å². The number of para-hydroxylation sites is 2. The maximum Gasteiger partial charge on any atom is 0.123 e. The van der Waals surface area contributed by atoms with Gasteiger partial charge in [0.05, 0.1) is 16.2 Å². The van der Waals surface area contributed by atoms with Gasteiger partial charge in [-0.15, -0.1) is 0 Å². The molecule has 0 saturated carbocycles. The van der Waals surface area contributed by atoms with Gasteiger partial charge < -0.3 is 19.6 Å². The zero-order chi connectivity index (χ0) is 90.7. The summed E-state index contributed by atoms with van der Waals surface area (Å²) in [5.41, 5.74) is 37.5. The first-order valence-electron chi connectivity index (χ1n) is 46.0. The Hall–Kier alpha value is -17.3. The third-order valence-corrected chi connectivity index (χ3v) is 27.9. The van der Waals surface area contributed by atoms with Crippen LogP contribution in [0.4, 0.5) is 77.0 Å². The molecule has 0 saturated heterocycles. The quantitative estimate of drug-likeness (QED) is 0.0633. The minimum atomic E-state index is -0.923. The third kappa shape index (κ3) is 13.9. The molecule has 4 nitrogen and oxygen atoms in total. The topological polar surface area (TPSA) is 13.0 Å². The third-order valence-electron chi connectivity index (χ3n) is 27.9. The molecule has 0 heterocycles. The summed E-state index contributed by atoms with van der Waals surface area (Å²) in [6.07, 6.45) is 5.70. The summed E-state index contributed by atoms with van der Waals surface area (Å²) in [4.78, 5) is 9.19. The summed E-state index contributed by atoms with van der Waals surface area (Å²) < 4.78 is 30.9. The summed E-state index contributed by atoms with van der Waals surface area (Å²) in [7, 11) is 0. The second kappa shape index (κ2) is 34.2. The lowest BCUT2D eigenvalue weighted by molar-refractivity contribution is 0.627. The molecule has 0 N–H and O–H groups in total. The van der Waals surface area contributed by atoms with Crippen molar-refractivity contribution in [2.24, 2.45) is 0 Å². The van der Waals surface area contributed by atoms with Crippen molar-refractivity contribution in [1.82, 2.24) is 0 Å². The number of hydrogen-bond acceptors (Lipinski definition) is 4. The first kappa shape index (κ1) is 82.1. The van der Waals surface area contributed by atoms with Crippen LogP contribution in [-0.2, 0) is 16.2 Å². The second-order valence-corrected chi connectivity index (χ2v) is 35.0. The van der Waals surface area contributed by atoms with Gasteiger partial charge in [0, 0.05) is 68.2 Å². The lowest BCUT2D eigenvalue weighted by Gasteiger charge is -2.36. The first-order valence-corrected chi connectivity index (χ1v) is 46.0. The van der Waals surface area contributed by atoms with E-state index in [0.29, 0.717) is 0 Å². The van der Waals surface area contributed by atoms with Crippen molar-refractivity contribution in [1.29, 1.82) is 0 Å². The molecule has 3 aliphatic carbocycles. The minimum absolute atomic E-state index is 0.327. The summed E-state index contributed by atoms with van der Waals surface area (Å²) >= 11 is 0. The normalized spacial score (nSPS) is 15.1. The Morgan fingerprint density at radius 3 is 0.593 bits per heavy atom. The van der Waals surface area contributed by atoms with Gasteiger partial charge in [0.1, 0.15) is 11.6 Å². The van der Waals surface area contributed by atoms with Gasteiger partial charge in [0.25, 0.3) is 0 Å². The van der Waals surface area contributed by atoms with Crippen LogP contribution in [0.2, 0.25) is 0 Å². The lowest BCUT2D eigenvalue weighted by atomic mass is 9.67. The fraction of sp³-hybridized carbons (Fsp3) is 0.0233. The van der Waals surface area contributed by atoms with E-state index in [1.807, 2.05) is 42.5 Å². The molecule has 0 spiro atoms. The van der Waals surface area contributed by atoms with E-state index in [1.54, 1.807) is 0 Å². The van der Waals surface area contributed by atoms with Gasteiger partial charge in [-0.3, -0.25) is 0 Å². The van der Waals surface area contributed by atoms with Gasteiger partial charge in [-0.1, -0.05) is 359 Å². The van der Waals surface area contributed by atoms with Crippen molar-refractivity contribution < 1.29 is 8.78 Å². The second-order valence-electron chi connectivity index (χ2n) is 35.0. The van der Waals surface area contributed by atoms with Crippen LogP contribution in [-0.4, -0.2) is 0 Å². The van der Waals surface area contributed by atoms with Crippen molar-refractivity contribution in [3.63, 3.8) is 0 Å². The fourth-order valence-corrected chi connectivity index (χ4v) is 21.8. The molecule has 20 aromatic carbocycles. The number of rotatable bonds is 23. The molecule has 0 aliphatic heterocycles. The first-order chi connectivity index (χ1) is 66.6. The highest BCUT2D eigenvalue weighted by Gasteiger charge is 2.50. The van der Waals surface area contributed by atoms with Gasteiger partial charge in [0.2, 0.25) is 0 Å². The predicted octanol–water partition coefficient (Wildman–Crippen LogP) is 34.2. The van der Waals surface area contributed by atoms with E-state index in [-0.39, 0.29) is 11.6 Å². The van der Waals surface area contributed by atoms with E-state index in [2.05, 4.69) is 482 Å². The van der Waals surface area contributed by atoms with Crippen LogP contribution < -0.4 is 19.6 Å². The van der Waals surface area contributed by atoms with E-state index < -0.39 is 16.2 Å². The Morgan fingerprint density at radius 1 is 0.163 bits per heavy atom. The SMILES string of the molecule is C=Cc1ccc(C2(c3ccccc3)c3ccccc3-c3ccc(N(c4ccccc4)c4ccc(-c5ccc(N(c6ccc(F)cc6)c6ccc7c(c6)C(c6ccccc6)(c6ccc(C=C)cc6)c6cc(N(c8ccc(F)cc8)c8ccc(-c9ccc(N(c%10ccccc%10)c%10ccc%11c(c%10)C(c%10ccccc%10)(c%10ccc(C=C)cc%10)c%10ccccc%10-%11)cc9)cc8)ccc6-7)cc5)cc4)cc32)cc1. The molecule has 2 unspecified atom stereocenters. The number of benzene rings is 20. The zero-order valence-electron chi connectivity index (χ0n) is 74.2. The Balaban J connectivity index is 0.591. The van der Waals surface area contributed by atoms with Crippen molar-refractivity contribution in [2.45, 2.75) is 16.2 Å². The summed E-state index contributed by atoms with van der Waals surface area (Å²) in [6, 6.07) is 175. The molecule has 0 bridgehead atoms. The maximum absolute atomic E-state index is 15.4. The van der Waals surface area contributed by atoms with Crippen molar-refractivity contribution in [3.8, 4) is 55.6 Å². The Morgan fingerprint density at radius 2 is 0.348 bits per heavy atom. The molecule has 3 aliphatic rings. The number of anilines is 12. The highest BCUT2D eigenvalue weighted by atomic mass is 19.1. The molecule has 23 rings (SSSR count). The zero-order valence-corrected chi connectivity index (χ0v) is 74.2. The van der Waals surface area contributed by atoms with Gasteiger partial charge in [-0.05, 0) is 309 Å². The average molecular weight is 1730 g/mol. The fourth-order valence-electron chi connectivity index (χ4n) is 21.8. The van der Waals surface area contributed by atoms with E-state index >= 15 is 8.78 Å². The maximum atomic E-state index is 15.4. The molecule has 20 aromatic rings. The largest absolute Gasteiger partial charge is 0.310 e. The molecule has 135 heavy (non-hydrogen) atoms.